The van der Waals surface area contributed by atoms with E-state index in [4.69, 9.17) is 24.0 Å². The van der Waals surface area contributed by atoms with Crippen molar-refractivity contribution in [2.75, 3.05) is 13.9 Å². The quantitative estimate of drug-likeness (QED) is 0.502. The van der Waals surface area contributed by atoms with E-state index in [1.165, 1.54) is 0 Å². The fourth-order valence-electron chi connectivity index (χ4n) is 4.34. The lowest BCUT2D eigenvalue weighted by atomic mass is 9.96. The van der Waals surface area contributed by atoms with Crippen LogP contribution in [0.2, 0.25) is 0 Å². The van der Waals surface area contributed by atoms with Crippen LogP contribution in [0.5, 0.6) is 23.0 Å². The summed E-state index contributed by atoms with van der Waals surface area (Å²) >= 11 is 3.59. The highest BCUT2D eigenvalue weighted by atomic mass is 79.9. The molecule has 3 aromatic carbocycles. The smallest absolute Gasteiger partial charge is 0.231 e. The second-order valence-electron chi connectivity index (χ2n) is 7.62. The van der Waals surface area contributed by atoms with Crippen LogP contribution in [0.25, 0.3) is 0 Å². The Kier molecular flexibility index (Phi) is 4.31. The van der Waals surface area contributed by atoms with Gasteiger partial charge in [-0.15, -0.1) is 0 Å². The summed E-state index contributed by atoms with van der Waals surface area (Å²) in [6.45, 7) is 0.260. The molecule has 156 valence electrons. The van der Waals surface area contributed by atoms with Crippen molar-refractivity contribution in [3.05, 3.63) is 81.8 Å². The van der Waals surface area contributed by atoms with E-state index in [1.54, 1.807) is 7.11 Å². The number of halogens is 1. The van der Waals surface area contributed by atoms with E-state index >= 15 is 0 Å². The van der Waals surface area contributed by atoms with Gasteiger partial charge in [-0.3, -0.25) is 0 Å². The summed E-state index contributed by atoms with van der Waals surface area (Å²) in [6.07, 6.45) is 0.446. The zero-order chi connectivity index (χ0) is 20.9. The molecule has 0 aromatic heterocycles. The van der Waals surface area contributed by atoms with E-state index in [0.29, 0.717) is 0 Å². The Morgan fingerprint density at radius 1 is 1.00 bits per heavy atom. The molecule has 3 heterocycles. The minimum atomic E-state index is -0.339. The molecular weight excluding hydrogens is 460 g/mol. The largest absolute Gasteiger partial charge is 0.496 e. The average molecular weight is 479 g/mol. The Morgan fingerprint density at radius 2 is 1.87 bits per heavy atom. The van der Waals surface area contributed by atoms with E-state index in [-0.39, 0.29) is 19.1 Å². The Hall–Kier alpha value is -3.19. The molecule has 0 saturated carbocycles. The minimum absolute atomic E-state index is 0.0938. The van der Waals surface area contributed by atoms with Gasteiger partial charge in [0.2, 0.25) is 13.0 Å². The molecule has 0 N–H and O–H groups in total. The summed E-state index contributed by atoms with van der Waals surface area (Å²) in [5.74, 6) is 3.21. The number of methoxy groups -OCH3 is 1. The molecule has 7 heteroatoms. The standard InChI is InChI=1S/C24H19BrN2O4/c1-28-21-8-7-15(10-17(21)25)24-27-19(16-4-2-3-5-20(16)31-24)12-18(26-27)14-6-9-22-23(11-14)30-13-29-22/h2-11,19,24H,12-13H2,1H3/t19-,24+/m0/s1. The third kappa shape index (κ3) is 3.03. The van der Waals surface area contributed by atoms with Crippen LogP contribution in [0, 0.1) is 0 Å². The third-order valence-corrected chi connectivity index (χ3v) is 6.49. The Balaban J connectivity index is 1.42. The lowest BCUT2D eigenvalue weighted by Crippen LogP contribution is -2.33. The van der Waals surface area contributed by atoms with E-state index in [1.807, 2.05) is 54.6 Å². The number of benzene rings is 3. The van der Waals surface area contributed by atoms with Crippen molar-refractivity contribution < 1.29 is 18.9 Å². The van der Waals surface area contributed by atoms with Gasteiger partial charge in [0.15, 0.2) is 11.5 Å². The maximum absolute atomic E-state index is 6.43. The van der Waals surface area contributed by atoms with Crippen LogP contribution in [0.3, 0.4) is 0 Å². The predicted molar refractivity (Wildman–Crippen MR) is 119 cm³/mol. The number of hydrogen-bond donors (Lipinski definition) is 0. The van der Waals surface area contributed by atoms with Gasteiger partial charge in [-0.05, 0) is 58.4 Å². The maximum Gasteiger partial charge on any atom is 0.231 e. The highest BCUT2D eigenvalue weighted by Crippen LogP contribution is 2.48. The van der Waals surface area contributed by atoms with Crippen LogP contribution in [-0.4, -0.2) is 24.6 Å². The molecule has 3 aliphatic rings. The number of hydrazone groups is 1. The molecule has 6 nitrogen and oxygen atoms in total. The molecule has 0 bridgehead atoms. The molecule has 2 atom stereocenters. The normalized spacial score (nSPS) is 20.6. The van der Waals surface area contributed by atoms with Crippen LogP contribution < -0.4 is 18.9 Å². The molecule has 3 aliphatic heterocycles. The first-order valence-corrected chi connectivity index (χ1v) is 10.9. The second-order valence-corrected chi connectivity index (χ2v) is 8.47. The van der Waals surface area contributed by atoms with Gasteiger partial charge in [-0.25, -0.2) is 5.01 Å². The van der Waals surface area contributed by atoms with Gasteiger partial charge >= 0.3 is 0 Å². The molecule has 0 saturated heterocycles. The Bertz CT molecular complexity index is 1210. The Morgan fingerprint density at radius 3 is 2.74 bits per heavy atom. The van der Waals surface area contributed by atoms with Crippen molar-refractivity contribution in [1.29, 1.82) is 0 Å². The second kappa shape index (κ2) is 7.20. The predicted octanol–water partition coefficient (Wildman–Crippen LogP) is 5.43. The molecule has 3 aromatic rings. The molecular formula is C24H19BrN2O4. The van der Waals surface area contributed by atoms with Gasteiger partial charge in [-0.2, -0.15) is 5.10 Å². The molecule has 0 amide bonds. The van der Waals surface area contributed by atoms with Gasteiger partial charge in [0.1, 0.15) is 11.5 Å². The summed E-state index contributed by atoms with van der Waals surface area (Å²) in [5, 5.41) is 7.08. The van der Waals surface area contributed by atoms with Gasteiger partial charge in [0.05, 0.1) is 23.3 Å². The monoisotopic (exact) mass is 478 g/mol. The molecule has 0 radical (unpaired) electrons. The lowest BCUT2D eigenvalue weighted by Gasteiger charge is -2.38. The van der Waals surface area contributed by atoms with E-state index in [2.05, 4.69) is 27.0 Å². The van der Waals surface area contributed by atoms with Crippen molar-refractivity contribution >= 4 is 21.6 Å². The number of rotatable bonds is 3. The molecule has 0 aliphatic carbocycles. The van der Waals surface area contributed by atoms with Crippen LogP contribution in [0.4, 0.5) is 0 Å². The topological polar surface area (TPSA) is 52.5 Å². The number of nitrogens with zero attached hydrogens (tertiary/aromatic N) is 2. The van der Waals surface area contributed by atoms with Crippen molar-refractivity contribution in [1.82, 2.24) is 5.01 Å². The van der Waals surface area contributed by atoms with E-state index in [0.717, 1.165) is 56.3 Å². The summed E-state index contributed by atoms with van der Waals surface area (Å²) in [5.41, 5.74) is 4.18. The number of para-hydroxylation sites is 1. The van der Waals surface area contributed by atoms with Gasteiger partial charge in [0, 0.05) is 23.1 Å². The van der Waals surface area contributed by atoms with Crippen molar-refractivity contribution in [3.8, 4) is 23.0 Å². The molecule has 0 fully saturated rings. The van der Waals surface area contributed by atoms with Gasteiger partial charge in [-0.1, -0.05) is 18.2 Å². The summed E-state index contributed by atoms with van der Waals surface area (Å²) in [4.78, 5) is 0. The number of hydrogen-bond acceptors (Lipinski definition) is 6. The first-order valence-electron chi connectivity index (χ1n) is 10.1. The fourth-order valence-corrected chi connectivity index (χ4v) is 4.90. The highest BCUT2D eigenvalue weighted by Gasteiger charge is 2.41. The van der Waals surface area contributed by atoms with E-state index in [9.17, 15) is 0 Å². The minimum Gasteiger partial charge on any atom is -0.496 e. The third-order valence-electron chi connectivity index (χ3n) is 5.87. The van der Waals surface area contributed by atoms with Gasteiger partial charge < -0.3 is 18.9 Å². The van der Waals surface area contributed by atoms with Crippen molar-refractivity contribution in [2.45, 2.75) is 18.7 Å². The Labute approximate surface area is 188 Å². The fraction of sp³-hybridized carbons (Fsp3) is 0.208. The van der Waals surface area contributed by atoms with Crippen LogP contribution in [0.15, 0.2) is 70.2 Å². The zero-order valence-electron chi connectivity index (χ0n) is 16.7. The van der Waals surface area contributed by atoms with Crippen LogP contribution >= 0.6 is 15.9 Å². The van der Waals surface area contributed by atoms with Gasteiger partial charge in [0.25, 0.3) is 0 Å². The first-order chi connectivity index (χ1) is 15.2. The molecule has 0 spiro atoms. The molecule has 0 unspecified atom stereocenters. The SMILES string of the molecule is COc1ccc([C@H]2Oc3ccccc3[C@@H]3CC(c4ccc5c(c4)OCO5)=NN23)cc1Br. The first kappa shape index (κ1) is 18.6. The zero-order valence-corrected chi connectivity index (χ0v) is 18.3. The van der Waals surface area contributed by atoms with Crippen molar-refractivity contribution in [2.24, 2.45) is 5.10 Å². The highest BCUT2D eigenvalue weighted by molar-refractivity contribution is 9.10. The number of ether oxygens (including phenoxy) is 4. The summed E-state index contributed by atoms with van der Waals surface area (Å²) < 4.78 is 23.7. The molecule has 31 heavy (non-hydrogen) atoms. The van der Waals surface area contributed by atoms with E-state index < -0.39 is 0 Å². The summed E-state index contributed by atoms with van der Waals surface area (Å²) in [7, 11) is 1.66. The van der Waals surface area contributed by atoms with Crippen LogP contribution in [0.1, 0.15) is 35.4 Å². The lowest BCUT2D eigenvalue weighted by molar-refractivity contribution is -0.0190. The average Bonchev–Trinajstić information content (AvgIpc) is 3.45. The maximum atomic E-state index is 6.43. The summed E-state index contributed by atoms with van der Waals surface area (Å²) in [6, 6.07) is 20.3. The molecule has 6 rings (SSSR count). The van der Waals surface area contributed by atoms with Crippen molar-refractivity contribution in [3.63, 3.8) is 0 Å². The van der Waals surface area contributed by atoms with Crippen LogP contribution in [-0.2, 0) is 0 Å². The number of fused-ring (bicyclic) bond motifs is 4.